The molecule has 0 unspecified atom stereocenters. The van der Waals surface area contributed by atoms with Gasteiger partial charge in [-0.3, -0.25) is 9.69 Å². The number of piperidine rings is 1. The highest BCUT2D eigenvalue weighted by Gasteiger charge is 2.20. The molecule has 5 heteroatoms. The van der Waals surface area contributed by atoms with E-state index < -0.39 is 0 Å². The highest BCUT2D eigenvalue weighted by Crippen LogP contribution is 2.23. The van der Waals surface area contributed by atoms with Gasteiger partial charge < -0.3 is 10.1 Å². The topological polar surface area (TPSA) is 41.6 Å². The highest BCUT2D eigenvalue weighted by atomic mass is 32.2. The van der Waals surface area contributed by atoms with E-state index in [1.165, 1.54) is 5.56 Å². The van der Waals surface area contributed by atoms with Crippen LogP contribution in [0.25, 0.3) is 0 Å². The van der Waals surface area contributed by atoms with Crippen LogP contribution < -0.4 is 10.1 Å². The number of nitrogens with one attached hydrogen (secondary N) is 1. The maximum Gasteiger partial charge on any atom is 0.230 e. The van der Waals surface area contributed by atoms with Gasteiger partial charge in [-0.25, -0.2) is 0 Å². The molecule has 1 saturated heterocycles. The molecule has 1 fully saturated rings. The van der Waals surface area contributed by atoms with Crippen LogP contribution in [0.15, 0.2) is 24.3 Å². The van der Waals surface area contributed by atoms with Gasteiger partial charge in [0.05, 0.1) is 12.9 Å². The van der Waals surface area contributed by atoms with Crippen LogP contribution in [0, 0.1) is 5.92 Å². The van der Waals surface area contributed by atoms with Crippen LogP contribution in [0.3, 0.4) is 0 Å². The number of likely N-dealkylation sites (tertiary alicyclic amines) is 1. The lowest BCUT2D eigenvalue weighted by Gasteiger charge is -2.32. The monoisotopic (exact) mass is 364 g/mol. The number of methoxy groups -OCH3 is 1. The molecule has 1 aromatic carbocycles. The summed E-state index contributed by atoms with van der Waals surface area (Å²) in [6.45, 7) is 10.4. The second-order valence-corrected chi connectivity index (χ2v) is 9.57. The number of thioether (sulfide) groups is 1. The lowest BCUT2D eigenvalue weighted by atomic mass is 9.96. The van der Waals surface area contributed by atoms with E-state index in [9.17, 15) is 4.79 Å². The van der Waals surface area contributed by atoms with Crippen LogP contribution in [-0.2, 0) is 11.3 Å². The number of hydrogen-bond acceptors (Lipinski definition) is 4. The minimum Gasteiger partial charge on any atom is -0.497 e. The predicted molar refractivity (Wildman–Crippen MR) is 106 cm³/mol. The van der Waals surface area contributed by atoms with E-state index in [1.807, 2.05) is 12.1 Å². The fourth-order valence-electron chi connectivity index (χ4n) is 2.93. The van der Waals surface area contributed by atoms with E-state index >= 15 is 0 Å². The Morgan fingerprint density at radius 3 is 2.44 bits per heavy atom. The Morgan fingerprint density at radius 1 is 1.24 bits per heavy atom. The lowest BCUT2D eigenvalue weighted by Crippen LogP contribution is -2.39. The number of hydrogen-bond donors (Lipinski definition) is 1. The Labute approximate surface area is 156 Å². The van der Waals surface area contributed by atoms with Gasteiger partial charge in [0.25, 0.3) is 0 Å². The molecule has 1 heterocycles. The van der Waals surface area contributed by atoms with Gasteiger partial charge in [0.2, 0.25) is 5.91 Å². The SMILES string of the molecule is COc1ccc(CN2CCC(CNC(=O)CSC(C)(C)C)CC2)cc1. The fraction of sp³-hybridized carbons (Fsp3) is 0.650. The smallest absolute Gasteiger partial charge is 0.230 e. The Bertz CT molecular complexity index is 532. The van der Waals surface area contributed by atoms with Crippen molar-refractivity contribution in [3.63, 3.8) is 0 Å². The summed E-state index contributed by atoms with van der Waals surface area (Å²) in [7, 11) is 1.69. The van der Waals surface area contributed by atoms with Gasteiger partial charge >= 0.3 is 0 Å². The maximum absolute atomic E-state index is 11.9. The molecular formula is C20H32N2O2S. The number of amides is 1. The predicted octanol–water partition coefficient (Wildman–Crippen LogP) is 3.56. The molecule has 25 heavy (non-hydrogen) atoms. The van der Waals surface area contributed by atoms with Crippen LogP contribution in [0.2, 0.25) is 0 Å². The van der Waals surface area contributed by atoms with Crippen molar-refractivity contribution >= 4 is 17.7 Å². The molecule has 1 N–H and O–H groups in total. The van der Waals surface area contributed by atoms with Crippen LogP contribution in [0.4, 0.5) is 0 Å². The highest BCUT2D eigenvalue weighted by molar-refractivity contribution is 8.01. The molecule has 1 aromatic rings. The van der Waals surface area contributed by atoms with Crippen LogP contribution in [-0.4, -0.2) is 48.1 Å². The average molecular weight is 365 g/mol. The van der Waals surface area contributed by atoms with E-state index in [1.54, 1.807) is 18.9 Å². The van der Waals surface area contributed by atoms with Gasteiger partial charge in [-0.15, -0.1) is 11.8 Å². The Kier molecular flexibility index (Phi) is 7.63. The average Bonchev–Trinajstić information content (AvgIpc) is 2.59. The normalized spacial score (nSPS) is 16.6. The van der Waals surface area contributed by atoms with Crippen molar-refractivity contribution in [3.8, 4) is 5.75 Å². The summed E-state index contributed by atoms with van der Waals surface area (Å²) in [5.41, 5.74) is 1.33. The first-order valence-electron chi connectivity index (χ1n) is 9.11. The van der Waals surface area contributed by atoms with E-state index in [-0.39, 0.29) is 10.7 Å². The largest absolute Gasteiger partial charge is 0.497 e. The molecule has 2 rings (SSSR count). The standard InChI is InChI=1S/C20H32N2O2S/c1-20(2,3)25-15-19(23)21-13-16-9-11-22(12-10-16)14-17-5-7-18(24-4)8-6-17/h5-8,16H,9-15H2,1-4H3,(H,21,23). The van der Waals surface area contributed by atoms with Crippen molar-refractivity contribution in [2.24, 2.45) is 5.92 Å². The number of carbonyl (C=O) groups excluding carboxylic acids is 1. The molecule has 0 atom stereocenters. The van der Waals surface area contributed by atoms with Gasteiger partial charge in [-0.05, 0) is 49.5 Å². The molecule has 0 bridgehead atoms. The summed E-state index contributed by atoms with van der Waals surface area (Å²) in [6.07, 6.45) is 2.31. The molecule has 0 saturated carbocycles. The Morgan fingerprint density at radius 2 is 1.88 bits per heavy atom. The number of benzene rings is 1. The first kappa shape index (κ1) is 20.1. The molecule has 140 valence electrons. The first-order chi connectivity index (χ1) is 11.9. The summed E-state index contributed by atoms with van der Waals surface area (Å²) in [4.78, 5) is 14.4. The summed E-state index contributed by atoms with van der Waals surface area (Å²) in [5.74, 6) is 2.24. The zero-order valence-electron chi connectivity index (χ0n) is 16.0. The van der Waals surface area contributed by atoms with E-state index in [2.05, 4.69) is 43.1 Å². The third-order valence-electron chi connectivity index (χ3n) is 4.50. The minimum absolute atomic E-state index is 0.143. The van der Waals surface area contributed by atoms with Crippen molar-refractivity contribution in [2.75, 3.05) is 32.5 Å². The fourth-order valence-corrected chi connectivity index (χ4v) is 3.60. The Balaban J connectivity index is 1.64. The third-order valence-corrected chi connectivity index (χ3v) is 5.77. The van der Waals surface area contributed by atoms with Crippen molar-refractivity contribution in [1.29, 1.82) is 0 Å². The lowest BCUT2D eigenvalue weighted by molar-refractivity contribution is -0.118. The van der Waals surface area contributed by atoms with Crippen molar-refractivity contribution in [2.45, 2.75) is 44.9 Å². The van der Waals surface area contributed by atoms with Gasteiger partial charge in [0, 0.05) is 17.8 Å². The number of rotatable bonds is 7. The summed E-state index contributed by atoms with van der Waals surface area (Å²) in [5, 5.41) is 3.11. The molecule has 4 nitrogen and oxygen atoms in total. The van der Waals surface area contributed by atoms with Gasteiger partial charge in [-0.2, -0.15) is 0 Å². The second kappa shape index (κ2) is 9.48. The van der Waals surface area contributed by atoms with E-state index in [0.29, 0.717) is 11.7 Å². The first-order valence-corrected chi connectivity index (χ1v) is 10.1. The maximum atomic E-state index is 11.9. The van der Waals surface area contributed by atoms with Gasteiger partial charge in [0.15, 0.2) is 0 Å². The quantitative estimate of drug-likeness (QED) is 0.803. The van der Waals surface area contributed by atoms with Crippen LogP contribution >= 0.6 is 11.8 Å². The second-order valence-electron chi connectivity index (χ2n) is 7.77. The van der Waals surface area contributed by atoms with E-state index in [0.717, 1.165) is 44.8 Å². The van der Waals surface area contributed by atoms with E-state index in [4.69, 9.17) is 4.74 Å². The van der Waals surface area contributed by atoms with Crippen molar-refractivity contribution in [1.82, 2.24) is 10.2 Å². The Hall–Kier alpha value is -1.20. The summed E-state index contributed by atoms with van der Waals surface area (Å²) < 4.78 is 5.35. The summed E-state index contributed by atoms with van der Waals surface area (Å²) in [6, 6.07) is 8.32. The summed E-state index contributed by atoms with van der Waals surface area (Å²) >= 11 is 1.70. The molecule has 0 aromatic heterocycles. The molecular weight excluding hydrogens is 332 g/mol. The van der Waals surface area contributed by atoms with Crippen LogP contribution in [0.5, 0.6) is 5.75 Å². The van der Waals surface area contributed by atoms with Crippen molar-refractivity contribution in [3.05, 3.63) is 29.8 Å². The molecule has 1 aliphatic heterocycles. The zero-order chi connectivity index (χ0) is 18.3. The number of carbonyl (C=O) groups is 1. The van der Waals surface area contributed by atoms with Gasteiger partial charge in [-0.1, -0.05) is 32.9 Å². The zero-order valence-corrected chi connectivity index (χ0v) is 16.8. The molecule has 0 aliphatic carbocycles. The van der Waals surface area contributed by atoms with Crippen LogP contribution in [0.1, 0.15) is 39.2 Å². The van der Waals surface area contributed by atoms with Crippen molar-refractivity contribution < 1.29 is 9.53 Å². The molecule has 0 radical (unpaired) electrons. The molecule has 1 aliphatic rings. The minimum atomic E-state index is 0.143. The number of ether oxygens (including phenoxy) is 1. The number of nitrogens with zero attached hydrogens (tertiary/aromatic N) is 1. The van der Waals surface area contributed by atoms with Gasteiger partial charge in [0.1, 0.15) is 5.75 Å². The molecule has 0 spiro atoms. The third kappa shape index (κ3) is 7.70. The molecule has 1 amide bonds.